The van der Waals surface area contributed by atoms with E-state index in [-0.39, 0.29) is 0 Å². The van der Waals surface area contributed by atoms with Crippen molar-refractivity contribution in [3.05, 3.63) is 271 Å². The van der Waals surface area contributed by atoms with Gasteiger partial charge in [-0.2, -0.15) is 0 Å². The first-order valence-corrected chi connectivity index (χ1v) is 21.7. The molecule has 0 radical (unpaired) electrons. The molecular weight excluding hydrogens is 763 g/mol. The van der Waals surface area contributed by atoms with Gasteiger partial charge in [-0.15, -0.1) is 0 Å². The average Bonchev–Trinajstić information content (AvgIpc) is 3.89. The van der Waals surface area contributed by atoms with Crippen molar-refractivity contribution in [1.82, 2.24) is 0 Å². The average molecular weight is 804 g/mol. The molecule has 0 fully saturated rings. The summed E-state index contributed by atoms with van der Waals surface area (Å²) >= 11 is 0. The Morgan fingerprint density at radius 2 is 0.810 bits per heavy atom. The van der Waals surface area contributed by atoms with Crippen molar-refractivity contribution in [1.29, 1.82) is 0 Å². The highest BCUT2D eigenvalue weighted by atomic mass is 16.3. The van der Waals surface area contributed by atoms with E-state index in [0.717, 1.165) is 61.3 Å². The molecule has 2 heteroatoms. The smallest absolute Gasteiger partial charge is 0.143 e. The van der Waals surface area contributed by atoms with Crippen LogP contribution in [0.25, 0.3) is 66.4 Å². The minimum atomic E-state index is -0.484. The molecule has 1 aliphatic rings. The third kappa shape index (κ3) is 6.02. The second-order valence-electron chi connectivity index (χ2n) is 16.4. The number of rotatable bonds is 8. The lowest BCUT2D eigenvalue weighted by molar-refractivity contribution is 0.670. The molecule has 63 heavy (non-hydrogen) atoms. The van der Waals surface area contributed by atoms with Crippen LogP contribution in [0.15, 0.2) is 253 Å². The topological polar surface area (TPSA) is 16.4 Å². The molecule has 12 rings (SSSR count). The predicted molar refractivity (Wildman–Crippen MR) is 262 cm³/mol. The highest BCUT2D eigenvalue weighted by Crippen LogP contribution is 2.57. The fourth-order valence-electron chi connectivity index (χ4n) is 10.1. The molecule has 0 atom stereocenters. The Hall–Kier alpha value is -8.20. The van der Waals surface area contributed by atoms with Gasteiger partial charge in [-0.05, 0) is 122 Å². The maximum Gasteiger partial charge on any atom is 0.143 e. The largest absolute Gasteiger partial charge is 0.455 e. The van der Waals surface area contributed by atoms with E-state index in [9.17, 15) is 0 Å². The molecule has 2 nitrogen and oxygen atoms in total. The SMILES string of the molecule is c1ccc(-c2ccc(N(c3ccccc3)c3ccc(-c4cc(-c5ccc6c(c5)C(c5ccccc5)(c5ccccc5)c5ccccc5-6)cc5c4oc4ccccc45)cc3)cc2)cc1. The minimum Gasteiger partial charge on any atom is -0.455 e. The van der Waals surface area contributed by atoms with Crippen molar-refractivity contribution < 1.29 is 4.42 Å². The molecule has 0 bridgehead atoms. The molecule has 0 N–H and O–H groups in total. The van der Waals surface area contributed by atoms with E-state index in [1.165, 1.54) is 44.5 Å². The number of hydrogen-bond acceptors (Lipinski definition) is 2. The summed E-state index contributed by atoms with van der Waals surface area (Å²) in [6.45, 7) is 0. The van der Waals surface area contributed by atoms with Crippen LogP contribution in [0.5, 0.6) is 0 Å². The Morgan fingerprint density at radius 3 is 1.49 bits per heavy atom. The second kappa shape index (κ2) is 15.1. The van der Waals surface area contributed by atoms with Gasteiger partial charge < -0.3 is 9.32 Å². The van der Waals surface area contributed by atoms with Gasteiger partial charge in [0.25, 0.3) is 0 Å². The fraction of sp³-hybridized carbons (Fsp3) is 0.0164. The van der Waals surface area contributed by atoms with Crippen LogP contribution < -0.4 is 4.90 Å². The molecule has 1 aromatic heterocycles. The summed E-state index contributed by atoms with van der Waals surface area (Å²) < 4.78 is 6.75. The van der Waals surface area contributed by atoms with Gasteiger partial charge in [-0.3, -0.25) is 0 Å². The summed E-state index contributed by atoms with van der Waals surface area (Å²) in [5.74, 6) is 0. The number of para-hydroxylation sites is 2. The number of anilines is 3. The molecule has 0 unspecified atom stereocenters. The van der Waals surface area contributed by atoms with Crippen LogP contribution in [0.2, 0.25) is 0 Å². The summed E-state index contributed by atoms with van der Waals surface area (Å²) in [5.41, 5.74) is 19.1. The number of hydrogen-bond donors (Lipinski definition) is 0. The lowest BCUT2D eigenvalue weighted by Gasteiger charge is -2.34. The molecule has 1 aliphatic carbocycles. The first-order valence-electron chi connectivity index (χ1n) is 21.7. The number of fused-ring (bicyclic) bond motifs is 6. The van der Waals surface area contributed by atoms with E-state index in [1.54, 1.807) is 0 Å². The zero-order valence-corrected chi connectivity index (χ0v) is 34.5. The second-order valence-corrected chi connectivity index (χ2v) is 16.4. The van der Waals surface area contributed by atoms with E-state index in [1.807, 2.05) is 0 Å². The van der Waals surface area contributed by atoms with Crippen LogP contribution in [-0.2, 0) is 5.41 Å². The van der Waals surface area contributed by atoms with Crippen molar-refractivity contribution in [2.75, 3.05) is 4.90 Å². The first-order chi connectivity index (χ1) is 31.2. The van der Waals surface area contributed by atoms with Crippen LogP contribution >= 0.6 is 0 Å². The Balaban J connectivity index is 1.01. The van der Waals surface area contributed by atoms with Gasteiger partial charge in [-0.1, -0.05) is 188 Å². The van der Waals surface area contributed by atoms with Gasteiger partial charge in [0.05, 0.1) is 5.41 Å². The highest BCUT2D eigenvalue weighted by molar-refractivity contribution is 6.11. The minimum absolute atomic E-state index is 0.484. The van der Waals surface area contributed by atoms with Gasteiger partial charge in [0.2, 0.25) is 0 Å². The van der Waals surface area contributed by atoms with Crippen molar-refractivity contribution in [3.8, 4) is 44.5 Å². The van der Waals surface area contributed by atoms with Crippen molar-refractivity contribution >= 4 is 39.0 Å². The quantitative estimate of drug-likeness (QED) is 0.152. The molecule has 0 saturated heterocycles. The third-order valence-corrected chi connectivity index (χ3v) is 13.0. The van der Waals surface area contributed by atoms with Gasteiger partial charge in [0, 0.05) is 33.4 Å². The Bertz CT molecular complexity index is 3370. The van der Waals surface area contributed by atoms with Gasteiger partial charge in [0.1, 0.15) is 11.2 Å². The maximum atomic E-state index is 6.75. The van der Waals surface area contributed by atoms with Crippen molar-refractivity contribution in [2.24, 2.45) is 0 Å². The van der Waals surface area contributed by atoms with Crippen molar-refractivity contribution in [2.45, 2.75) is 5.41 Å². The number of nitrogens with zero attached hydrogens (tertiary/aromatic N) is 1. The Kier molecular flexibility index (Phi) is 8.76. The fourth-order valence-corrected chi connectivity index (χ4v) is 10.1. The summed E-state index contributed by atoms with van der Waals surface area (Å²) in [7, 11) is 0. The summed E-state index contributed by atoms with van der Waals surface area (Å²) in [5, 5.41) is 2.21. The Morgan fingerprint density at radius 1 is 0.302 bits per heavy atom. The van der Waals surface area contributed by atoms with Crippen molar-refractivity contribution in [3.63, 3.8) is 0 Å². The molecule has 0 spiro atoms. The summed E-state index contributed by atoms with van der Waals surface area (Å²) in [6, 6.07) is 90.1. The molecular formula is C61H41NO. The number of benzene rings is 10. The molecule has 11 aromatic rings. The monoisotopic (exact) mass is 803 g/mol. The maximum absolute atomic E-state index is 6.75. The summed E-state index contributed by atoms with van der Waals surface area (Å²) in [4.78, 5) is 2.32. The molecule has 1 heterocycles. The molecule has 0 saturated carbocycles. The highest BCUT2D eigenvalue weighted by Gasteiger charge is 2.46. The van der Waals surface area contributed by atoms with Crippen LogP contribution in [-0.4, -0.2) is 0 Å². The van der Waals surface area contributed by atoms with Gasteiger partial charge in [-0.25, -0.2) is 0 Å². The normalized spacial score (nSPS) is 12.6. The van der Waals surface area contributed by atoms with E-state index in [4.69, 9.17) is 4.42 Å². The first kappa shape index (κ1) is 36.6. The predicted octanol–water partition coefficient (Wildman–Crippen LogP) is 16.4. The zero-order chi connectivity index (χ0) is 41.7. The zero-order valence-electron chi connectivity index (χ0n) is 34.5. The van der Waals surface area contributed by atoms with E-state index < -0.39 is 5.41 Å². The lowest BCUT2D eigenvalue weighted by Crippen LogP contribution is -2.28. The molecule has 296 valence electrons. The number of furan rings is 1. The van der Waals surface area contributed by atoms with Gasteiger partial charge >= 0.3 is 0 Å². The summed E-state index contributed by atoms with van der Waals surface area (Å²) in [6.07, 6.45) is 0. The van der Waals surface area contributed by atoms with E-state index in [0.29, 0.717) is 0 Å². The standard InChI is InChI=1S/C61H41NO/c1-5-17-42(18-6-1)43-29-34-50(35-30-43)62(49-23-11-4-12-24-49)51-36-31-44(32-37-51)55-39-46(40-56-54-26-14-16-28-59(54)63-60(55)56)45-33-38-53-52-25-13-15-27-57(52)61(58(53)41-45,47-19-7-2-8-20-47)48-21-9-3-10-22-48/h1-41H. The van der Waals surface area contributed by atoms with Crippen LogP contribution in [0.1, 0.15) is 22.3 Å². The molecule has 0 amide bonds. The van der Waals surface area contributed by atoms with Gasteiger partial charge in [0.15, 0.2) is 0 Å². The molecule has 0 aliphatic heterocycles. The lowest BCUT2D eigenvalue weighted by atomic mass is 9.67. The van der Waals surface area contributed by atoms with Crippen LogP contribution in [0.4, 0.5) is 17.1 Å². The van der Waals surface area contributed by atoms with E-state index in [2.05, 4.69) is 254 Å². The van der Waals surface area contributed by atoms with E-state index >= 15 is 0 Å². The molecule has 10 aromatic carbocycles. The third-order valence-electron chi connectivity index (χ3n) is 13.0. The van der Waals surface area contributed by atoms with Crippen LogP contribution in [0, 0.1) is 0 Å². The van der Waals surface area contributed by atoms with Crippen LogP contribution in [0.3, 0.4) is 0 Å². The Labute approximate surface area is 367 Å².